The number of allylic oxidation sites excluding steroid dienone is 3. The predicted octanol–water partition coefficient (Wildman–Crippen LogP) is 3.95. The molecule has 1 aromatic carbocycles. The van der Waals surface area contributed by atoms with Crippen molar-refractivity contribution in [3.8, 4) is 0 Å². The van der Waals surface area contributed by atoms with Crippen LogP contribution in [0.25, 0.3) is 0 Å². The summed E-state index contributed by atoms with van der Waals surface area (Å²) >= 11 is 0. The van der Waals surface area contributed by atoms with Gasteiger partial charge in [-0.25, -0.2) is 9.97 Å². The van der Waals surface area contributed by atoms with E-state index in [1.165, 1.54) is 5.69 Å². The zero-order valence-corrected chi connectivity index (χ0v) is 33.5. The molecule has 0 bridgehead atoms. The van der Waals surface area contributed by atoms with Crippen molar-refractivity contribution in [2.45, 2.75) is 45.7 Å². The fourth-order valence-electron chi connectivity index (χ4n) is 8.00. The smallest absolute Gasteiger partial charge is 0.227 e. The summed E-state index contributed by atoms with van der Waals surface area (Å²) < 4.78 is 5.80. The van der Waals surface area contributed by atoms with Gasteiger partial charge in [0.15, 0.2) is 0 Å². The number of aromatic nitrogens is 3. The second-order valence-corrected chi connectivity index (χ2v) is 15.2. The lowest BCUT2D eigenvalue weighted by molar-refractivity contribution is -0.132. The molecule has 7 rings (SSSR count). The number of hydrogen-bond donors (Lipinski definition) is 3. The summed E-state index contributed by atoms with van der Waals surface area (Å²) in [6.07, 6.45) is 9.82. The highest BCUT2D eigenvalue weighted by atomic mass is 16.5. The molecule has 4 aliphatic heterocycles. The van der Waals surface area contributed by atoms with E-state index in [1.807, 2.05) is 37.2 Å². The number of benzene rings is 1. The van der Waals surface area contributed by atoms with E-state index in [9.17, 15) is 9.59 Å². The molecule has 2 fully saturated rings. The number of ether oxygens (including phenoxy) is 1. The van der Waals surface area contributed by atoms with E-state index in [4.69, 9.17) is 9.72 Å². The van der Waals surface area contributed by atoms with Crippen molar-refractivity contribution in [1.82, 2.24) is 40.3 Å². The first kappa shape index (κ1) is 39.3. The number of fused-ring (bicyclic) bond motifs is 1. The average molecular weight is 774 g/mol. The first-order chi connectivity index (χ1) is 27.7. The monoisotopic (exact) mass is 773 g/mol. The van der Waals surface area contributed by atoms with Gasteiger partial charge in [0.2, 0.25) is 18.3 Å². The Bertz CT molecular complexity index is 2020. The van der Waals surface area contributed by atoms with Crippen molar-refractivity contribution in [2.24, 2.45) is 0 Å². The quantitative estimate of drug-likeness (QED) is 0.153. The Kier molecular flexibility index (Phi) is 12.4. The number of rotatable bonds is 15. The zero-order valence-electron chi connectivity index (χ0n) is 33.5. The number of hydrogen-bond acceptors (Lipinski definition) is 12. The highest BCUT2D eigenvalue weighted by Crippen LogP contribution is 2.29. The average Bonchev–Trinajstić information content (AvgIpc) is 3.20. The van der Waals surface area contributed by atoms with Gasteiger partial charge in [-0.2, -0.15) is 0 Å². The molecule has 0 unspecified atom stereocenters. The number of amides is 2. The zero-order chi connectivity index (χ0) is 39.9. The minimum absolute atomic E-state index is 0.116. The Hall–Kier alpha value is -5.89. The molecule has 300 valence electrons. The molecule has 14 heteroatoms. The van der Waals surface area contributed by atoms with Gasteiger partial charge in [0.05, 0.1) is 36.2 Å². The van der Waals surface area contributed by atoms with Crippen LogP contribution in [0.2, 0.25) is 0 Å². The maximum atomic E-state index is 13.4. The number of carbonyl (C=O) groups is 2. The third-order valence-corrected chi connectivity index (χ3v) is 11.4. The van der Waals surface area contributed by atoms with E-state index >= 15 is 0 Å². The van der Waals surface area contributed by atoms with Crippen molar-refractivity contribution in [3.05, 3.63) is 113 Å². The third kappa shape index (κ3) is 9.39. The molecule has 4 aliphatic rings. The molecule has 0 atom stereocenters. The van der Waals surface area contributed by atoms with Gasteiger partial charge in [0.1, 0.15) is 12.4 Å². The maximum Gasteiger partial charge on any atom is 0.227 e. The number of piperazine rings is 1. The molecule has 0 aliphatic carbocycles. The second kappa shape index (κ2) is 17.9. The summed E-state index contributed by atoms with van der Waals surface area (Å²) in [6.45, 7) is 21.0. The highest BCUT2D eigenvalue weighted by molar-refractivity contribution is 5.79. The fourth-order valence-corrected chi connectivity index (χ4v) is 8.00. The number of nitrogens with zero attached hydrogens (tertiary/aromatic N) is 8. The molecular formula is C43H55N11O3. The summed E-state index contributed by atoms with van der Waals surface area (Å²) in [6, 6.07) is 11.1. The Labute approximate surface area is 336 Å². The Morgan fingerprint density at radius 2 is 1.88 bits per heavy atom. The molecule has 0 spiro atoms. The lowest BCUT2D eigenvalue weighted by Gasteiger charge is -2.49. The van der Waals surface area contributed by atoms with Crippen LogP contribution in [-0.2, 0) is 33.7 Å². The van der Waals surface area contributed by atoms with Crippen LogP contribution in [-0.4, -0.2) is 121 Å². The van der Waals surface area contributed by atoms with Crippen molar-refractivity contribution < 1.29 is 14.3 Å². The number of pyridine rings is 1. The van der Waals surface area contributed by atoms with Gasteiger partial charge in [-0.15, -0.1) is 0 Å². The fraction of sp³-hybridized carbons (Fsp3) is 0.419. The minimum Gasteiger partial charge on any atom is -0.494 e. The van der Waals surface area contributed by atoms with E-state index in [1.54, 1.807) is 12.4 Å². The van der Waals surface area contributed by atoms with E-state index in [2.05, 4.69) is 89.9 Å². The van der Waals surface area contributed by atoms with Gasteiger partial charge in [-0.1, -0.05) is 13.2 Å². The molecule has 3 aromatic rings. The summed E-state index contributed by atoms with van der Waals surface area (Å²) in [5.41, 5.74) is 9.97. The van der Waals surface area contributed by atoms with Gasteiger partial charge < -0.3 is 40.3 Å². The molecule has 2 saturated heterocycles. The topological polar surface area (TPSA) is 134 Å². The first-order valence-corrected chi connectivity index (χ1v) is 19.9. The van der Waals surface area contributed by atoms with Crippen molar-refractivity contribution in [1.29, 1.82) is 0 Å². The molecule has 3 N–H and O–H groups in total. The molecule has 0 saturated carbocycles. The van der Waals surface area contributed by atoms with E-state index < -0.39 is 0 Å². The van der Waals surface area contributed by atoms with Crippen LogP contribution < -0.4 is 25.8 Å². The second-order valence-electron chi connectivity index (χ2n) is 15.2. The van der Waals surface area contributed by atoms with Crippen LogP contribution in [0, 0.1) is 0 Å². The van der Waals surface area contributed by atoms with Gasteiger partial charge in [-0.05, 0) is 73.4 Å². The molecule has 2 aromatic heterocycles. The van der Waals surface area contributed by atoms with Crippen molar-refractivity contribution in [3.63, 3.8) is 0 Å². The maximum absolute atomic E-state index is 13.4. The lowest BCUT2D eigenvalue weighted by atomic mass is 10.0. The molecule has 2 amide bonds. The number of anilines is 4. The summed E-state index contributed by atoms with van der Waals surface area (Å²) in [5, 5.41) is 9.43. The minimum atomic E-state index is 0.116. The summed E-state index contributed by atoms with van der Waals surface area (Å²) in [7, 11) is 2.04. The molecule has 0 radical (unpaired) electrons. The summed E-state index contributed by atoms with van der Waals surface area (Å²) in [4.78, 5) is 49.4. The van der Waals surface area contributed by atoms with Gasteiger partial charge in [-0.3, -0.25) is 19.5 Å². The van der Waals surface area contributed by atoms with E-state index in [-0.39, 0.29) is 5.91 Å². The van der Waals surface area contributed by atoms with Crippen LogP contribution in [0.5, 0.6) is 0 Å². The Morgan fingerprint density at radius 1 is 1.09 bits per heavy atom. The number of carbonyl (C=O) groups excluding carboxylic acids is 2. The Morgan fingerprint density at radius 3 is 2.61 bits per heavy atom. The predicted molar refractivity (Wildman–Crippen MR) is 224 cm³/mol. The molecular weight excluding hydrogens is 719 g/mol. The summed E-state index contributed by atoms with van der Waals surface area (Å²) in [5.74, 6) is 1.52. The van der Waals surface area contributed by atoms with Crippen LogP contribution in [0.3, 0.4) is 0 Å². The van der Waals surface area contributed by atoms with Gasteiger partial charge in [0, 0.05) is 114 Å². The van der Waals surface area contributed by atoms with Gasteiger partial charge >= 0.3 is 0 Å². The van der Waals surface area contributed by atoms with Crippen LogP contribution in [0.1, 0.15) is 37.1 Å². The standard InChI is InChI=1S/C43H55N11O3/c1-6-40(31(3)42-32(4)57-20-13-45-42)53-15-12-34-24-46-43(49-39(34)28-53)48-35-21-33(23-44-25-35)22-41(56)52-18-16-51(17-19-52)38-26-54(27-38)37-9-7-36(8-10-37)50(5)14-11-30(2)47-29-55/h6-10,21,23-25,29,38,45H,1-2,11-20,22,26-28H2,3-5H3,(H,47,55)(H,46,48,49)/b40-31+. The third-order valence-electron chi connectivity index (χ3n) is 11.4. The lowest BCUT2D eigenvalue weighted by Crippen LogP contribution is -2.63. The van der Waals surface area contributed by atoms with E-state index in [0.29, 0.717) is 50.1 Å². The van der Waals surface area contributed by atoms with Crippen molar-refractivity contribution in [2.75, 3.05) is 87.7 Å². The SMILES string of the molecule is C=C/C(=C(/C)C1=C(C)OCCN1)N1CCc2cnc(Nc3cncc(CC(=O)N4CCN(C5CN(c6ccc(N(C)CCC(=C)NC=O)cc6)C5)CC4)c3)nc2C1. The van der Waals surface area contributed by atoms with Crippen LogP contribution in [0.15, 0.2) is 96.6 Å². The van der Waals surface area contributed by atoms with Crippen LogP contribution in [0.4, 0.5) is 23.0 Å². The van der Waals surface area contributed by atoms with Crippen LogP contribution >= 0.6 is 0 Å². The van der Waals surface area contributed by atoms with Gasteiger partial charge in [0.25, 0.3) is 0 Å². The number of nitrogens with one attached hydrogen (secondary N) is 3. The Balaban J connectivity index is 0.872. The molecule has 57 heavy (non-hydrogen) atoms. The molecule has 14 nitrogen and oxygen atoms in total. The normalized spacial score (nSPS) is 17.7. The highest BCUT2D eigenvalue weighted by Gasteiger charge is 2.34. The van der Waals surface area contributed by atoms with Crippen molar-refractivity contribution >= 4 is 35.3 Å². The largest absolute Gasteiger partial charge is 0.494 e. The molecule has 6 heterocycles. The first-order valence-electron chi connectivity index (χ1n) is 19.9. The van der Waals surface area contributed by atoms with E-state index in [0.717, 1.165) is 116 Å².